The first-order valence-corrected chi connectivity index (χ1v) is 17.0. The molecule has 1 aliphatic heterocycles. The van der Waals surface area contributed by atoms with E-state index in [0.29, 0.717) is 45.1 Å². The number of unbranched alkanes of at least 4 members (excludes halogenated alkanes) is 3. The number of nitrogens with one attached hydrogen (secondary N) is 4. The van der Waals surface area contributed by atoms with E-state index in [2.05, 4.69) is 21.3 Å². The molecule has 1 saturated carbocycles. The van der Waals surface area contributed by atoms with Gasteiger partial charge >= 0.3 is 5.97 Å². The summed E-state index contributed by atoms with van der Waals surface area (Å²) < 4.78 is 5.53. The van der Waals surface area contributed by atoms with E-state index in [1.807, 2.05) is 0 Å². The molecule has 4 N–H and O–H groups in total. The monoisotopic (exact) mass is 661 g/mol. The number of ether oxygens (including phenoxy) is 1. The number of amides is 6. The molecule has 0 bridgehead atoms. The highest BCUT2D eigenvalue weighted by Crippen LogP contribution is 2.24. The van der Waals surface area contributed by atoms with Gasteiger partial charge in [0.25, 0.3) is 11.8 Å². The van der Waals surface area contributed by atoms with Crippen molar-refractivity contribution in [1.29, 1.82) is 0 Å². The Kier molecular flexibility index (Phi) is 16.1. The summed E-state index contributed by atoms with van der Waals surface area (Å²) in [4.78, 5) is 88.5. The number of hydrogen-bond acceptors (Lipinski definition) is 8. The molecule has 6 amide bonds. The number of carbonyl (C=O) groups excluding carboxylic acids is 7. The number of carbonyl (C=O) groups is 7. The third-order valence-corrected chi connectivity index (χ3v) is 8.16. The summed E-state index contributed by atoms with van der Waals surface area (Å²) in [6.45, 7) is 11.0. The average Bonchev–Trinajstić information content (AvgIpc) is 3.63. The Morgan fingerprint density at radius 1 is 0.851 bits per heavy atom. The minimum absolute atomic E-state index is 0.0725. The maximum absolute atomic E-state index is 13.1. The van der Waals surface area contributed by atoms with Crippen LogP contribution in [0.4, 0.5) is 0 Å². The summed E-state index contributed by atoms with van der Waals surface area (Å²) in [5.74, 6) is -2.78. The molecule has 13 heteroatoms. The number of esters is 1. The van der Waals surface area contributed by atoms with Crippen LogP contribution < -0.4 is 21.3 Å². The zero-order valence-electron chi connectivity index (χ0n) is 28.9. The topological polar surface area (TPSA) is 180 Å². The summed E-state index contributed by atoms with van der Waals surface area (Å²) in [6.07, 6.45) is 9.82. The van der Waals surface area contributed by atoms with Gasteiger partial charge in [-0.25, -0.2) is 4.79 Å². The van der Waals surface area contributed by atoms with Crippen molar-refractivity contribution >= 4 is 41.4 Å². The highest BCUT2D eigenvalue weighted by Gasteiger charge is 2.31. The molecule has 0 radical (unpaired) electrons. The van der Waals surface area contributed by atoms with Crippen LogP contribution in [0.3, 0.4) is 0 Å². The Hall–Kier alpha value is -3.77. The largest absolute Gasteiger partial charge is 0.458 e. The predicted octanol–water partition coefficient (Wildman–Crippen LogP) is 2.42. The second-order valence-corrected chi connectivity index (χ2v) is 13.9. The van der Waals surface area contributed by atoms with Gasteiger partial charge in [-0.1, -0.05) is 33.1 Å². The van der Waals surface area contributed by atoms with Gasteiger partial charge in [-0.05, 0) is 78.6 Å². The van der Waals surface area contributed by atoms with E-state index < -0.39 is 41.5 Å². The number of imide groups is 1. The van der Waals surface area contributed by atoms with Gasteiger partial charge in [0.05, 0.1) is 0 Å². The first kappa shape index (κ1) is 39.4. The first-order chi connectivity index (χ1) is 22.1. The van der Waals surface area contributed by atoms with Gasteiger partial charge in [-0.15, -0.1) is 0 Å². The molecule has 1 fully saturated rings. The highest BCUT2D eigenvalue weighted by atomic mass is 16.6. The number of nitrogens with zero attached hydrogens (tertiary/aromatic N) is 1. The molecule has 2 rings (SSSR count). The van der Waals surface area contributed by atoms with Crippen molar-refractivity contribution in [1.82, 2.24) is 26.2 Å². The number of rotatable bonds is 19. The molecule has 2 aliphatic rings. The van der Waals surface area contributed by atoms with Crippen molar-refractivity contribution in [2.45, 2.75) is 136 Å². The quantitative estimate of drug-likeness (QED) is 0.0926. The Morgan fingerprint density at radius 2 is 1.49 bits per heavy atom. The van der Waals surface area contributed by atoms with Crippen molar-refractivity contribution < 1.29 is 38.3 Å². The van der Waals surface area contributed by atoms with E-state index >= 15 is 0 Å². The molecular formula is C34H55N5O8. The maximum atomic E-state index is 13.1. The lowest BCUT2D eigenvalue weighted by Gasteiger charge is -2.27. The molecule has 3 atom stereocenters. The fraction of sp³-hybridized carbons (Fsp3) is 0.735. The second-order valence-electron chi connectivity index (χ2n) is 13.9. The Labute approximate surface area is 278 Å². The van der Waals surface area contributed by atoms with Gasteiger partial charge in [0.2, 0.25) is 23.6 Å². The minimum Gasteiger partial charge on any atom is -0.458 e. The fourth-order valence-corrected chi connectivity index (χ4v) is 5.47. The Bertz CT molecular complexity index is 1140. The van der Waals surface area contributed by atoms with Crippen LogP contribution in [0.15, 0.2) is 12.2 Å². The van der Waals surface area contributed by atoms with E-state index in [4.69, 9.17) is 4.74 Å². The van der Waals surface area contributed by atoms with Crippen LogP contribution in [0, 0.1) is 11.8 Å². The molecule has 0 saturated heterocycles. The lowest BCUT2D eigenvalue weighted by molar-refractivity contribution is -0.159. The fourth-order valence-electron chi connectivity index (χ4n) is 5.47. The molecular weight excluding hydrogens is 606 g/mol. The summed E-state index contributed by atoms with van der Waals surface area (Å²) in [6, 6.07) is -2.82. The van der Waals surface area contributed by atoms with Crippen molar-refractivity contribution in [3.8, 4) is 0 Å². The van der Waals surface area contributed by atoms with Crippen molar-refractivity contribution in [2.24, 2.45) is 11.8 Å². The zero-order chi connectivity index (χ0) is 35.1. The van der Waals surface area contributed by atoms with Gasteiger partial charge in [-0.3, -0.25) is 33.7 Å². The van der Waals surface area contributed by atoms with Crippen LogP contribution in [0.2, 0.25) is 0 Å². The van der Waals surface area contributed by atoms with Gasteiger partial charge in [0.15, 0.2) is 0 Å². The molecule has 0 aromatic carbocycles. The molecule has 47 heavy (non-hydrogen) atoms. The van der Waals surface area contributed by atoms with Crippen molar-refractivity contribution in [3.05, 3.63) is 12.2 Å². The molecule has 13 nitrogen and oxygen atoms in total. The van der Waals surface area contributed by atoms with Gasteiger partial charge in [0, 0.05) is 37.6 Å². The zero-order valence-corrected chi connectivity index (χ0v) is 28.9. The standard InChI is InChI=1S/C34H55N5O8/c1-22(2)29(38-26(40)17-8-7-13-21-39-27(41)18-19-28(39)42)32(45)36-23(3)30(43)37-25(33(46)47-34(4,5)6)16-11-12-20-35-31(44)24-14-9-10-15-24/h18-19,22-25,29H,7-17,20-21H2,1-6H3,(H,35,44)(H,36,45)(H,37,43)(H,38,40)/t23-,25-,29-/m0/s1. The minimum atomic E-state index is -0.998. The smallest absolute Gasteiger partial charge is 0.329 e. The third-order valence-electron chi connectivity index (χ3n) is 8.16. The third kappa shape index (κ3) is 14.3. The molecule has 0 aromatic heterocycles. The van der Waals surface area contributed by atoms with E-state index in [9.17, 15) is 33.6 Å². The summed E-state index contributed by atoms with van der Waals surface area (Å²) in [5, 5.41) is 11.1. The average molecular weight is 662 g/mol. The Balaban J connectivity index is 1.82. The molecule has 264 valence electrons. The summed E-state index contributed by atoms with van der Waals surface area (Å²) >= 11 is 0. The molecule has 0 aromatic rings. The van der Waals surface area contributed by atoms with Crippen LogP contribution in [-0.4, -0.2) is 83.1 Å². The van der Waals surface area contributed by atoms with Crippen LogP contribution in [0.5, 0.6) is 0 Å². The van der Waals surface area contributed by atoms with E-state index in [0.717, 1.165) is 30.6 Å². The molecule has 1 heterocycles. The van der Waals surface area contributed by atoms with Crippen molar-refractivity contribution in [2.75, 3.05) is 13.1 Å². The summed E-state index contributed by atoms with van der Waals surface area (Å²) in [5.41, 5.74) is -0.763. The molecule has 1 aliphatic carbocycles. The van der Waals surface area contributed by atoms with Gasteiger partial charge in [-0.2, -0.15) is 0 Å². The van der Waals surface area contributed by atoms with Gasteiger partial charge in [0.1, 0.15) is 23.7 Å². The van der Waals surface area contributed by atoms with Gasteiger partial charge < -0.3 is 26.0 Å². The maximum Gasteiger partial charge on any atom is 0.329 e. The summed E-state index contributed by atoms with van der Waals surface area (Å²) in [7, 11) is 0. The normalized spacial score (nSPS) is 17.0. The molecule has 0 spiro atoms. The predicted molar refractivity (Wildman–Crippen MR) is 175 cm³/mol. The first-order valence-electron chi connectivity index (χ1n) is 17.0. The second kappa shape index (κ2) is 19.1. The van der Waals surface area contributed by atoms with E-state index in [1.165, 1.54) is 19.1 Å². The molecule has 0 unspecified atom stereocenters. The van der Waals surface area contributed by atoms with Crippen LogP contribution in [-0.2, 0) is 38.3 Å². The SMILES string of the molecule is CC(C)[C@H](NC(=O)CCCCCN1C(=O)C=CC1=O)C(=O)N[C@@H](C)C(=O)N[C@@H](CCCCNC(=O)C1CCCC1)C(=O)OC(C)(C)C. The van der Waals surface area contributed by atoms with Crippen LogP contribution in [0.1, 0.15) is 112 Å². The Morgan fingerprint density at radius 3 is 2.09 bits per heavy atom. The lowest BCUT2D eigenvalue weighted by atomic mass is 10.0. The highest BCUT2D eigenvalue weighted by molar-refractivity contribution is 6.12. The van der Waals surface area contributed by atoms with Crippen LogP contribution in [0.25, 0.3) is 0 Å². The van der Waals surface area contributed by atoms with Crippen LogP contribution >= 0.6 is 0 Å². The number of hydrogen-bond donors (Lipinski definition) is 4. The lowest BCUT2D eigenvalue weighted by Crippen LogP contribution is -2.56. The van der Waals surface area contributed by atoms with Crippen molar-refractivity contribution in [3.63, 3.8) is 0 Å². The van der Waals surface area contributed by atoms with E-state index in [1.54, 1.807) is 34.6 Å². The van der Waals surface area contributed by atoms with E-state index in [-0.39, 0.29) is 48.4 Å².